The van der Waals surface area contributed by atoms with E-state index in [4.69, 9.17) is 4.98 Å². The van der Waals surface area contributed by atoms with E-state index >= 15 is 0 Å². The van der Waals surface area contributed by atoms with Crippen molar-refractivity contribution in [2.75, 3.05) is 45.2 Å². The molecule has 1 aromatic heterocycles. The van der Waals surface area contributed by atoms with Crippen LogP contribution < -0.4 is 4.90 Å². The molecule has 0 bridgehead atoms. The van der Waals surface area contributed by atoms with E-state index in [2.05, 4.69) is 32.9 Å². The Morgan fingerprint density at radius 1 is 1.06 bits per heavy atom. The van der Waals surface area contributed by atoms with Crippen molar-refractivity contribution >= 4 is 55.0 Å². The quantitative estimate of drug-likeness (QED) is 0.415. The lowest BCUT2D eigenvalue weighted by atomic mass is 10.0. The van der Waals surface area contributed by atoms with Crippen molar-refractivity contribution in [1.82, 2.24) is 14.2 Å². The van der Waals surface area contributed by atoms with E-state index in [1.54, 1.807) is 33.5 Å². The Hall–Kier alpha value is -2.04. The van der Waals surface area contributed by atoms with Crippen LogP contribution in [0.5, 0.6) is 0 Å². The zero-order chi connectivity index (χ0) is 25.3. The normalized spacial score (nSPS) is 15.3. The summed E-state index contributed by atoms with van der Waals surface area (Å²) in [7, 11) is 0.379. The number of aromatic nitrogens is 1. The summed E-state index contributed by atoms with van der Waals surface area (Å²) in [5, 5.41) is 0.652. The van der Waals surface area contributed by atoms with E-state index in [1.807, 2.05) is 19.0 Å². The molecule has 0 saturated carbocycles. The number of thiazole rings is 1. The molecule has 0 N–H and O–H groups in total. The first-order valence-electron chi connectivity index (χ1n) is 12.0. The van der Waals surface area contributed by atoms with Crippen LogP contribution >= 0.6 is 23.7 Å². The predicted molar refractivity (Wildman–Crippen MR) is 150 cm³/mol. The van der Waals surface area contributed by atoms with E-state index in [9.17, 15) is 13.2 Å². The first-order chi connectivity index (χ1) is 16.6. The summed E-state index contributed by atoms with van der Waals surface area (Å²) in [4.78, 5) is 22.4. The molecule has 0 aliphatic carbocycles. The van der Waals surface area contributed by atoms with Crippen molar-refractivity contribution in [1.29, 1.82) is 0 Å². The predicted octanol–water partition coefficient (Wildman–Crippen LogP) is 4.96. The molecule has 0 spiro atoms. The van der Waals surface area contributed by atoms with Gasteiger partial charge in [0.1, 0.15) is 0 Å². The first kappa shape index (κ1) is 28.5. The average molecular weight is 551 g/mol. The van der Waals surface area contributed by atoms with Crippen LogP contribution in [0.3, 0.4) is 0 Å². The van der Waals surface area contributed by atoms with Gasteiger partial charge in [0, 0.05) is 31.7 Å². The van der Waals surface area contributed by atoms with Gasteiger partial charge in [0.2, 0.25) is 10.0 Å². The number of aryl methyl sites for hydroxylation is 2. The van der Waals surface area contributed by atoms with Gasteiger partial charge in [-0.1, -0.05) is 24.3 Å². The van der Waals surface area contributed by atoms with Crippen molar-refractivity contribution < 1.29 is 13.2 Å². The maximum atomic E-state index is 13.6. The number of benzene rings is 2. The molecule has 1 fully saturated rings. The number of hydrogen-bond acceptors (Lipinski definition) is 6. The average Bonchev–Trinajstić information content (AvgIpc) is 3.26. The van der Waals surface area contributed by atoms with E-state index in [1.165, 1.54) is 16.9 Å². The van der Waals surface area contributed by atoms with Crippen LogP contribution in [-0.2, 0) is 10.0 Å². The Kier molecular flexibility index (Phi) is 9.16. The number of carbonyl (C=O) groups is 1. The number of rotatable bonds is 7. The number of amides is 1. The van der Waals surface area contributed by atoms with Gasteiger partial charge in [0.25, 0.3) is 5.91 Å². The van der Waals surface area contributed by atoms with Crippen molar-refractivity contribution in [3.8, 4) is 0 Å². The van der Waals surface area contributed by atoms with Gasteiger partial charge >= 0.3 is 0 Å². The molecule has 10 heteroatoms. The minimum atomic E-state index is -3.56. The number of likely N-dealkylation sites (N-methyl/N-ethyl adjacent to an activating group) is 1. The van der Waals surface area contributed by atoms with Gasteiger partial charge in [-0.05, 0) is 88.2 Å². The second kappa shape index (κ2) is 11.6. The standard InChI is InChI=1S/C26H34N4O3S2.ClH/c1-18-12-14-29(15-13-18)35(32,33)22-9-7-21(8-10-22)25(31)30(17-16-28(4)5)26-27-24-20(3)19(2)6-11-23(24)34-26;/h6-11,18H,12-17H2,1-5H3;1H. The third kappa shape index (κ3) is 5.92. The summed E-state index contributed by atoms with van der Waals surface area (Å²) < 4.78 is 28.8. The molecular formula is C26H35ClN4O3S2. The Morgan fingerprint density at radius 3 is 2.31 bits per heavy atom. The maximum absolute atomic E-state index is 13.6. The monoisotopic (exact) mass is 550 g/mol. The van der Waals surface area contributed by atoms with E-state index in [0.29, 0.717) is 42.8 Å². The summed E-state index contributed by atoms with van der Waals surface area (Å²) in [6.07, 6.45) is 1.75. The minimum absolute atomic E-state index is 0. The molecule has 4 rings (SSSR count). The number of anilines is 1. The van der Waals surface area contributed by atoms with Crippen molar-refractivity contribution in [2.24, 2.45) is 5.92 Å². The highest BCUT2D eigenvalue weighted by Crippen LogP contribution is 2.33. The van der Waals surface area contributed by atoms with Crippen LogP contribution in [0.15, 0.2) is 41.3 Å². The summed E-state index contributed by atoms with van der Waals surface area (Å²) in [6, 6.07) is 10.5. The lowest BCUT2D eigenvalue weighted by molar-refractivity contribution is 0.0985. The maximum Gasteiger partial charge on any atom is 0.260 e. The molecule has 1 amide bonds. The minimum Gasteiger partial charge on any atom is -0.308 e. The van der Waals surface area contributed by atoms with Gasteiger partial charge in [-0.2, -0.15) is 4.31 Å². The zero-order valence-electron chi connectivity index (χ0n) is 21.5. The molecule has 2 aromatic carbocycles. The Morgan fingerprint density at radius 2 is 1.69 bits per heavy atom. The Bertz CT molecular complexity index is 1310. The lowest BCUT2D eigenvalue weighted by Crippen LogP contribution is -2.38. The van der Waals surface area contributed by atoms with Gasteiger partial charge in [0.05, 0.1) is 15.1 Å². The molecule has 7 nitrogen and oxygen atoms in total. The highest BCUT2D eigenvalue weighted by atomic mass is 35.5. The molecule has 0 unspecified atom stereocenters. The number of piperidine rings is 1. The fraction of sp³-hybridized carbons (Fsp3) is 0.462. The highest BCUT2D eigenvalue weighted by molar-refractivity contribution is 7.89. The highest BCUT2D eigenvalue weighted by Gasteiger charge is 2.29. The van der Waals surface area contributed by atoms with Gasteiger partial charge in [0.15, 0.2) is 5.13 Å². The third-order valence-electron chi connectivity index (χ3n) is 6.80. The van der Waals surface area contributed by atoms with Crippen LogP contribution in [0.2, 0.25) is 0 Å². The van der Waals surface area contributed by atoms with E-state index < -0.39 is 10.0 Å². The lowest BCUT2D eigenvalue weighted by Gasteiger charge is -2.29. The van der Waals surface area contributed by atoms with Gasteiger partial charge in [-0.3, -0.25) is 9.69 Å². The second-order valence-corrected chi connectivity index (χ2v) is 12.7. The van der Waals surface area contributed by atoms with E-state index in [-0.39, 0.29) is 23.2 Å². The van der Waals surface area contributed by atoms with Crippen LogP contribution in [0.25, 0.3) is 10.2 Å². The van der Waals surface area contributed by atoms with Gasteiger partial charge in [-0.25, -0.2) is 13.4 Å². The SMILES string of the molecule is Cc1ccc2sc(N(CCN(C)C)C(=O)c3ccc(S(=O)(=O)N4CCC(C)CC4)cc3)nc2c1C.Cl. The number of sulfonamides is 1. The molecule has 36 heavy (non-hydrogen) atoms. The van der Waals surface area contributed by atoms with Crippen LogP contribution in [0, 0.1) is 19.8 Å². The zero-order valence-corrected chi connectivity index (χ0v) is 24.0. The summed E-state index contributed by atoms with van der Waals surface area (Å²) >= 11 is 1.50. The number of halogens is 1. The largest absolute Gasteiger partial charge is 0.308 e. The van der Waals surface area contributed by atoms with Crippen LogP contribution in [0.4, 0.5) is 5.13 Å². The van der Waals surface area contributed by atoms with Crippen LogP contribution in [0.1, 0.15) is 41.3 Å². The summed E-state index contributed by atoms with van der Waals surface area (Å²) in [5.41, 5.74) is 3.65. The molecule has 0 radical (unpaired) electrons. The number of fused-ring (bicyclic) bond motifs is 1. The fourth-order valence-corrected chi connectivity index (χ4v) is 6.73. The van der Waals surface area contributed by atoms with Gasteiger partial charge in [-0.15, -0.1) is 12.4 Å². The molecule has 2 heterocycles. The number of nitrogens with zero attached hydrogens (tertiary/aromatic N) is 4. The smallest absolute Gasteiger partial charge is 0.260 e. The Labute approximate surface area is 224 Å². The van der Waals surface area contributed by atoms with E-state index in [0.717, 1.165) is 28.6 Å². The van der Waals surface area contributed by atoms with Crippen molar-refractivity contribution in [3.05, 3.63) is 53.1 Å². The summed E-state index contributed by atoms with van der Waals surface area (Å²) in [6.45, 7) is 8.51. The molecule has 1 saturated heterocycles. The molecule has 3 aromatic rings. The Balaban J connectivity index is 0.00000361. The number of carbonyl (C=O) groups excluding carboxylic acids is 1. The van der Waals surface area contributed by atoms with Crippen molar-refractivity contribution in [2.45, 2.75) is 38.5 Å². The topological polar surface area (TPSA) is 73.8 Å². The van der Waals surface area contributed by atoms with Crippen molar-refractivity contribution in [3.63, 3.8) is 0 Å². The fourth-order valence-electron chi connectivity index (χ4n) is 4.21. The number of hydrogen-bond donors (Lipinski definition) is 0. The summed E-state index contributed by atoms with van der Waals surface area (Å²) in [5.74, 6) is 0.362. The molecule has 196 valence electrons. The molecular weight excluding hydrogens is 516 g/mol. The first-order valence-corrected chi connectivity index (χ1v) is 14.3. The van der Waals surface area contributed by atoms with Gasteiger partial charge < -0.3 is 4.90 Å². The second-order valence-electron chi connectivity index (χ2n) is 9.72. The molecule has 1 aliphatic heterocycles. The third-order valence-corrected chi connectivity index (χ3v) is 9.76. The molecule has 1 aliphatic rings. The molecule has 0 atom stereocenters. The van der Waals surface area contributed by atoms with Crippen LogP contribution in [-0.4, -0.2) is 68.8 Å².